The summed E-state index contributed by atoms with van der Waals surface area (Å²) < 4.78 is 12.2. The Labute approximate surface area is 216 Å². The number of likely N-dealkylation sites (N-methyl/N-ethyl adjacent to an activating group) is 1. The lowest BCUT2D eigenvalue weighted by Crippen LogP contribution is -2.28. The van der Waals surface area contributed by atoms with E-state index in [4.69, 9.17) is 21.1 Å². The fourth-order valence-electron chi connectivity index (χ4n) is 3.31. The summed E-state index contributed by atoms with van der Waals surface area (Å²) >= 11 is 11.1. The van der Waals surface area contributed by atoms with Gasteiger partial charge in [-0.05, 0) is 73.3 Å². The predicted molar refractivity (Wildman–Crippen MR) is 143 cm³/mol. The number of amides is 1. The summed E-state index contributed by atoms with van der Waals surface area (Å²) in [4.78, 5) is 20.1. The molecule has 1 heterocycles. The van der Waals surface area contributed by atoms with Crippen LogP contribution < -0.4 is 9.47 Å². The van der Waals surface area contributed by atoms with Gasteiger partial charge in [-0.15, -0.1) is 0 Å². The monoisotopic (exact) mass is 556 g/mol. The van der Waals surface area contributed by atoms with Crippen molar-refractivity contribution in [3.63, 3.8) is 0 Å². The number of aliphatic imine (C=N–C) groups is 1. The van der Waals surface area contributed by atoms with Crippen molar-refractivity contribution in [1.29, 1.82) is 0 Å². The van der Waals surface area contributed by atoms with Gasteiger partial charge in [0.15, 0.2) is 5.17 Å². The molecule has 1 fully saturated rings. The number of nitrogens with zero attached hydrogens (tertiary/aromatic N) is 2. The van der Waals surface area contributed by atoms with Crippen molar-refractivity contribution in [2.24, 2.45) is 4.99 Å². The van der Waals surface area contributed by atoms with E-state index in [1.807, 2.05) is 79.7 Å². The maximum Gasteiger partial charge on any atom is 0.266 e. The van der Waals surface area contributed by atoms with Crippen LogP contribution >= 0.6 is 39.3 Å². The third-order valence-electron chi connectivity index (χ3n) is 5.10. The summed E-state index contributed by atoms with van der Waals surface area (Å²) in [5.41, 5.74) is 2.43. The van der Waals surface area contributed by atoms with Crippen molar-refractivity contribution >= 4 is 62.1 Å². The minimum atomic E-state index is -0.0863. The minimum Gasteiger partial charge on any atom is -0.497 e. The van der Waals surface area contributed by atoms with E-state index in [1.54, 1.807) is 12.0 Å². The molecule has 0 saturated carbocycles. The highest BCUT2D eigenvalue weighted by Gasteiger charge is 2.32. The number of hydrogen-bond donors (Lipinski definition) is 0. The van der Waals surface area contributed by atoms with E-state index >= 15 is 0 Å². The molecule has 1 aliphatic rings. The van der Waals surface area contributed by atoms with Crippen LogP contribution in [0.5, 0.6) is 11.5 Å². The Hall–Kier alpha value is -2.74. The van der Waals surface area contributed by atoms with Crippen LogP contribution in [-0.4, -0.2) is 29.6 Å². The van der Waals surface area contributed by atoms with Gasteiger partial charge in [0.25, 0.3) is 5.91 Å². The van der Waals surface area contributed by atoms with Gasteiger partial charge in [0.05, 0.1) is 17.7 Å². The van der Waals surface area contributed by atoms with Crippen molar-refractivity contribution in [1.82, 2.24) is 4.90 Å². The molecule has 5 nitrogen and oxygen atoms in total. The summed E-state index contributed by atoms with van der Waals surface area (Å²) in [7, 11) is 1.62. The number of ether oxygens (including phenoxy) is 2. The van der Waals surface area contributed by atoms with Crippen molar-refractivity contribution in [2.75, 3.05) is 13.7 Å². The first kappa shape index (κ1) is 24.4. The van der Waals surface area contributed by atoms with Crippen LogP contribution in [0.3, 0.4) is 0 Å². The van der Waals surface area contributed by atoms with Gasteiger partial charge in [-0.2, -0.15) is 0 Å². The Morgan fingerprint density at radius 3 is 2.59 bits per heavy atom. The van der Waals surface area contributed by atoms with Crippen molar-refractivity contribution in [2.45, 2.75) is 13.5 Å². The highest BCUT2D eigenvalue weighted by atomic mass is 79.9. The molecule has 0 bridgehead atoms. The second-order valence-corrected chi connectivity index (χ2v) is 9.65. The number of carbonyl (C=O) groups is 1. The van der Waals surface area contributed by atoms with Gasteiger partial charge in [-0.3, -0.25) is 9.69 Å². The molecule has 0 N–H and O–H groups in total. The van der Waals surface area contributed by atoms with Crippen LogP contribution in [0.15, 0.2) is 81.1 Å². The first-order valence-electron chi connectivity index (χ1n) is 10.6. The highest BCUT2D eigenvalue weighted by Crippen LogP contribution is 2.36. The number of amidine groups is 1. The molecule has 4 rings (SSSR count). The maximum absolute atomic E-state index is 13.1. The normalized spacial score (nSPS) is 15.9. The van der Waals surface area contributed by atoms with Crippen molar-refractivity contribution in [3.05, 3.63) is 92.3 Å². The molecule has 0 aliphatic carbocycles. The second-order valence-electron chi connectivity index (χ2n) is 7.31. The maximum atomic E-state index is 13.1. The van der Waals surface area contributed by atoms with E-state index in [9.17, 15) is 4.79 Å². The fourth-order valence-corrected chi connectivity index (χ4v) is 4.94. The first-order chi connectivity index (χ1) is 16.5. The molecular formula is C26H22BrClN2O3S. The summed E-state index contributed by atoms with van der Waals surface area (Å²) in [6.45, 7) is 2.78. The van der Waals surface area contributed by atoms with Crippen LogP contribution in [0.25, 0.3) is 6.08 Å². The number of rotatable bonds is 7. The average molecular weight is 558 g/mol. The average Bonchev–Trinajstić information content (AvgIpc) is 3.13. The molecule has 0 aromatic heterocycles. The number of benzene rings is 3. The van der Waals surface area contributed by atoms with Crippen molar-refractivity contribution in [3.8, 4) is 11.5 Å². The quantitative estimate of drug-likeness (QED) is 0.286. The Morgan fingerprint density at radius 2 is 1.88 bits per heavy atom. The number of methoxy groups -OCH3 is 1. The first-order valence-corrected chi connectivity index (χ1v) is 12.6. The van der Waals surface area contributed by atoms with Crippen LogP contribution in [0.4, 0.5) is 5.69 Å². The highest BCUT2D eigenvalue weighted by molar-refractivity contribution is 9.10. The lowest BCUT2D eigenvalue weighted by Gasteiger charge is -2.12. The predicted octanol–water partition coefficient (Wildman–Crippen LogP) is 7.31. The number of thioether (sulfide) groups is 1. The molecule has 0 radical (unpaired) electrons. The second kappa shape index (κ2) is 11.1. The van der Waals surface area contributed by atoms with Crippen LogP contribution in [0, 0.1) is 0 Å². The standard InChI is InChI=1S/C26H22BrClN2O3S/c1-3-30-25(31)24(34-26(30)29-20-9-11-21(32-2)12-10-20)15-18-14-19(27)8-13-23(18)33-16-17-6-4-5-7-22(17)28/h4-15H,3,16H2,1-2H3/b24-15+,29-26?. The molecular weight excluding hydrogens is 536 g/mol. The van der Waals surface area contributed by atoms with Crippen LogP contribution in [-0.2, 0) is 11.4 Å². The smallest absolute Gasteiger partial charge is 0.266 e. The number of halogens is 2. The fraction of sp³-hybridized carbons (Fsp3) is 0.154. The van der Waals surface area contributed by atoms with Gasteiger partial charge < -0.3 is 9.47 Å². The minimum absolute atomic E-state index is 0.0863. The van der Waals surface area contributed by atoms with Gasteiger partial charge in [0.2, 0.25) is 0 Å². The zero-order valence-corrected chi connectivity index (χ0v) is 21.8. The Balaban J connectivity index is 1.61. The number of hydrogen-bond acceptors (Lipinski definition) is 5. The van der Waals surface area contributed by atoms with E-state index in [0.29, 0.717) is 34.0 Å². The molecule has 0 unspecified atom stereocenters. The zero-order chi connectivity index (χ0) is 24.1. The van der Waals surface area contributed by atoms with Gasteiger partial charge >= 0.3 is 0 Å². The number of carbonyl (C=O) groups excluding carboxylic acids is 1. The van der Waals surface area contributed by atoms with Gasteiger partial charge in [-0.1, -0.05) is 45.7 Å². The Kier molecular flexibility index (Phi) is 7.98. The summed E-state index contributed by atoms with van der Waals surface area (Å²) in [5.74, 6) is 1.33. The Bertz CT molecular complexity index is 1260. The summed E-state index contributed by atoms with van der Waals surface area (Å²) in [6.07, 6.45) is 1.85. The van der Waals surface area contributed by atoms with Crippen molar-refractivity contribution < 1.29 is 14.3 Å². The van der Waals surface area contributed by atoms with Gasteiger partial charge in [0.1, 0.15) is 18.1 Å². The van der Waals surface area contributed by atoms with E-state index in [0.717, 1.165) is 27.0 Å². The topological polar surface area (TPSA) is 51.1 Å². The molecule has 1 amide bonds. The zero-order valence-electron chi connectivity index (χ0n) is 18.6. The molecule has 0 spiro atoms. The van der Waals surface area contributed by atoms with Crippen LogP contribution in [0.2, 0.25) is 5.02 Å². The largest absolute Gasteiger partial charge is 0.497 e. The SMILES string of the molecule is CCN1C(=O)/C(=C\c2cc(Br)ccc2OCc2ccccc2Cl)SC1=Nc1ccc(OC)cc1. The Morgan fingerprint density at radius 1 is 1.12 bits per heavy atom. The van der Waals surface area contributed by atoms with E-state index in [-0.39, 0.29) is 5.91 Å². The molecule has 3 aromatic rings. The molecule has 1 aliphatic heterocycles. The van der Waals surface area contributed by atoms with E-state index < -0.39 is 0 Å². The lowest BCUT2D eigenvalue weighted by molar-refractivity contribution is -0.122. The van der Waals surface area contributed by atoms with Gasteiger partial charge in [-0.25, -0.2) is 4.99 Å². The third-order valence-corrected chi connectivity index (χ3v) is 6.97. The van der Waals surface area contributed by atoms with Crippen LogP contribution in [0.1, 0.15) is 18.1 Å². The molecule has 1 saturated heterocycles. The summed E-state index contributed by atoms with van der Waals surface area (Å²) in [5, 5.41) is 1.29. The molecule has 3 aromatic carbocycles. The molecule has 174 valence electrons. The van der Waals surface area contributed by atoms with Gasteiger partial charge in [0, 0.05) is 27.2 Å². The van der Waals surface area contributed by atoms with E-state index in [2.05, 4.69) is 20.9 Å². The molecule has 0 atom stereocenters. The summed E-state index contributed by atoms with van der Waals surface area (Å²) in [6, 6.07) is 20.7. The molecule has 34 heavy (non-hydrogen) atoms. The third kappa shape index (κ3) is 5.66. The molecule has 8 heteroatoms. The lowest BCUT2D eigenvalue weighted by atomic mass is 10.1. The van der Waals surface area contributed by atoms with E-state index in [1.165, 1.54) is 11.8 Å².